The van der Waals surface area contributed by atoms with E-state index >= 15 is 0 Å². The average Bonchev–Trinajstić information content (AvgIpc) is 3.49. The van der Waals surface area contributed by atoms with E-state index < -0.39 is 0 Å². The Morgan fingerprint density at radius 1 is 0.700 bits per heavy atom. The molecule has 3 heterocycles. The zero-order valence-electron chi connectivity index (χ0n) is 16.0. The number of hydrogen-bond acceptors (Lipinski definition) is 5. The lowest BCUT2D eigenvalue weighted by molar-refractivity contribution is 0.0640. The molecule has 0 aliphatic carbocycles. The SMILES string of the molecule is O=C(Nc1ccc(NC(=O)N2CCN(C(=O)c3ccco3)CC2)cc1)c1ccco1. The maximum absolute atomic E-state index is 12.5. The Balaban J connectivity index is 1.27. The summed E-state index contributed by atoms with van der Waals surface area (Å²) < 4.78 is 10.2. The number of nitrogens with one attached hydrogen (secondary N) is 2. The third kappa shape index (κ3) is 4.35. The number of urea groups is 1. The molecule has 0 atom stereocenters. The van der Waals surface area contributed by atoms with Crippen molar-refractivity contribution in [2.24, 2.45) is 0 Å². The summed E-state index contributed by atoms with van der Waals surface area (Å²) in [4.78, 5) is 40.1. The fourth-order valence-corrected chi connectivity index (χ4v) is 3.11. The molecule has 4 rings (SSSR count). The van der Waals surface area contributed by atoms with E-state index in [2.05, 4.69) is 10.6 Å². The fourth-order valence-electron chi connectivity index (χ4n) is 3.11. The zero-order valence-corrected chi connectivity index (χ0v) is 16.0. The highest BCUT2D eigenvalue weighted by Gasteiger charge is 2.26. The molecule has 1 aliphatic heterocycles. The number of rotatable bonds is 4. The summed E-state index contributed by atoms with van der Waals surface area (Å²) in [7, 11) is 0. The van der Waals surface area contributed by atoms with Crippen molar-refractivity contribution in [3.8, 4) is 0 Å². The first kappa shape index (κ1) is 19.3. The van der Waals surface area contributed by atoms with E-state index in [0.717, 1.165) is 0 Å². The van der Waals surface area contributed by atoms with Gasteiger partial charge in [-0.1, -0.05) is 0 Å². The van der Waals surface area contributed by atoms with Gasteiger partial charge in [0.1, 0.15) is 0 Å². The second-order valence-corrected chi connectivity index (χ2v) is 6.70. The van der Waals surface area contributed by atoms with Crippen molar-refractivity contribution in [3.63, 3.8) is 0 Å². The summed E-state index contributed by atoms with van der Waals surface area (Å²) in [5, 5.41) is 5.54. The minimum absolute atomic E-state index is 0.174. The van der Waals surface area contributed by atoms with Gasteiger partial charge in [-0.25, -0.2) is 4.79 Å². The predicted molar refractivity (Wildman–Crippen MR) is 108 cm³/mol. The van der Waals surface area contributed by atoms with Crippen molar-refractivity contribution in [2.75, 3.05) is 36.8 Å². The van der Waals surface area contributed by atoms with Crippen molar-refractivity contribution in [2.45, 2.75) is 0 Å². The first-order valence-electron chi connectivity index (χ1n) is 9.44. The summed E-state index contributed by atoms with van der Waals surface area (Å²) in [6, 6.07) is 13.1. The van der Waals surface area contributed by atoms with Gasteiger partial charge in [0.05, 0.1) is 12.5 Å². The molecular formula is C21H20N4O5. The molecule has 0 saturated carbocycles. The van der Waals surface area contributed by atoms with Gasteiger partial charge in [-0.3, -0.25) is 9.59 Å². The molecule has 1 fully saturated rings. The van der Waals surface area contributed by atoms with Crippen LogP contribution in [0.1, 0.15) is 21.1 Å². The van der Waals surface area contributed by atoms with Crippen molar-refractivity contribution >= 4 is 29.2 Å². The molecule has 4 amide bonds. The molecule has 1 aromatic carbocycles. The topological polar surface area (TPSA) is 108 Å². The van der Waals surface area contributed by atoms with E-state index in [1.165, 1.54) is 12.5 Å². The number of amides is 4. The van der Waals surface area contributed by atoms with Crippen LogP contribution < -0.4 is 10.6 Å². The van der Waals surface area contributed by atoms with Crippen molar-refractivity contribution < 1.29 is 23.2 Å². The third-order valence-electron chi connectivity index (χ3n) is 4.73. The van der Waals surface area contributed by atoms with Crippen LogP contribution in [0.4, 0.5) is 16.2 Å². The fraction of sp³-hybridized carbons (Fsp3) is 0.190. The molecule has 2 N–H and O–H groups in total. The first-order valence-corrected chi connectivity index (χ1v) is 9.44. The Bertz CT molecular complexity index is 1000. The number of hydrogen-bond donors (Lipinski definition) is 2. The predicted octanol–water partition coefficient (Wildman–Crippen LogP) is 3.11. The van der Waals surface area contributed by atoms with Crippen LogP contribution in [0.5, 0.6) is 0 Å². The van der Waals surface area contributed by atoms with Crippen molar-refractivity contribution in [3.05, 3.63) is 72.6 Å². The normalized spacial score (nSPS) is 13.7. The van der Waals surface area contributed by atoms with Gasteiger partial charge in [0.25, 0.3) is 11.8 Å². The maximum atomic E-state index is 12.5. The molecular weight excluding hydrogens is 388 g/mol. The Morgan fingerprint density at radius 2 is 1.23 bits per heavy atom. The highest BCUT2D eigenvalue weighted by atomic mass is 16.3. The van der Waals surface area contributed by atoms with Crippen LogP contribution in [0.25, 0.3) is 0 Å². The van der Waals surface area contributed by atoms with Crippen LogP contribution in [0.2, 0.25) is 0 Å². The van der Waals surface area contributed by atoms with Crippen LogP contribution in [0, 0.1) is 0 Å². The van der Waals surface area contributed by atoms with Gasteiger partial charge in [-0.05, 0) is 48.5 Å². The van der Waals surface area contributed by atoms with E-state index in [1.54, 1.807) is 58.3 Å². The molecule has 0 bridgehead atoms. The first-order chi connectivity index (χ1) is 14.6. The lowest BCUT2D eigenvalue weighted by Gasteiger charge is -2.34. The number of benzene rings is 1. The van der Waals surface area contributed by atoms with Crippen LogP contribution in [-0.4, -0.2) is 53.8 Å². The molecule has 3 aromatic rings. The maximum Gasteiger partial charge on any atom is 0.321 e. The minimum atomic E-state index is -0.348. The van der Waals surface area contributed by atoms with Crippen LogP contribution in [-0.2, 0) is 0 Å². The summed E-state index contributed by atoms with van der Waals surface area (Å²) in [5.41, 5.74) is 1.18. The highest BCUT2D eigenvalue weighted by Crippen LogP contribution is 2.16. The van der Waals surface area contributed by atoms with Crippen LogP contribution in [0.3, 0.4) is 0 Å². The van der Waals surface area contributed by atoms with Gasteiger partial charge in [-0.2, -0.15) is 0 Å². The van der Waals surface area contributed by atoms with Gasteiger partial charge >= 0.3 is 6.03 Å². The summed E-state index contributed by atoms with van der Waals surface area (Å²) >= 11 is 0. The van der Waals surface area contributed by atoms with Gasteiger partial charge in [-0.15, -0.1) is 0 Å². The molecule has 0 radical (unpaired) electrons. The second kappa shape index (κ2) is 8.56. The van der Waals surface area contributed by atoms with E-state index in [9.17, 15) is 14.4 Å². The molecule has 0 spiro atoms. The average molecular weight is 408 g/mol. The molecule has 1 saturated heterocycles. The molecule has 30 heavy (non-hydrogen) atoms. The number of anilines is 2. The molecule has 9 heteroatoms. The van der Waals surface area contributed by atoms with Crippen molar-refractivity contribution in [1.82, 2.24) is 9.80 Å². The Morgan fingerprint density at radius 3 is 1.80 bits per heavy atom. The second-order valence-electron chi connectivity index (χ2n) is 6.70. The Labute approximate surface area is 172 Å². The molecule has 154 valence electrons. The molecule has 0 unspecified atom stereocenters. The zero-order chi connectivity index (χ0) is 20.9. The van der Waals surface area contributed by atoms with Crippen molar-refractivity contribution in [1.29, 1.82) is 0 Å². The molecule has 9 nitrogen and oxygen atoms in total. The summed E-state index contributed by atoms with van der Waals surface area (Å²) in [6.07, 6.45) is 2.89. The van der Waals surface area contributed by atoms with Gasteiger partial charge < -0.3 is 29.3 Å². The van der Waals surface area contributed by atoms with E-state index in [-0.39, 0.29) is 23.6 Å². The highest BCUT2D eigenvalue weighted by molar-refractivity contribution is 6.02. The largest absolute Gasteiger partial charge is 0.459 e. The molecule has 1 aliphatic rings. The van der Waals surface area contributed by atoms with E-state index in [1.807, 2.05) is 0 Å². The summed E-state index contributed by atoms with van der Waals surface area (Å²) in [6.45, 7) is 1.72. The van der Waals surface area contributed by atoms with Crippen LogP contribution >= 0.6 is 0 Å². The quantitative estimate of drug-likeness (QED) is 0.690. The lowest BCUT2D eigenvalue weighted by atomic mass is 10.2. The number of carbonyl (C=O) groups is 3. The van der Waals surface area contributed by atoms with Gasteiger partial charge in [0.15, 0.2) is 11.5 Å². The standard InChI is InChI=1S/C21H20N4O5/c26-19(17-3-1-13-29-17)22-15-5-7-16(8-6-15)23-21(28)25-11-9-24(10-12-25)20(27)18-4-2-14-30-18/h1-8,13-14H,9-12H2,(H,22,26)(H,23,28). The lowest BCUT2D eigenvalue weighted by Crippen LogP contribution is -2.51. The van der Waals surface area contributed by atoms with Gasteiger partial charge in [0, 0.05) is 37.6 Å². The minimum Gasteiger partial charge on any atom is -0.459 e. The smallest absolute Gasteiger partial charge is 0.321 e. The number of furan rings is 2. The van der Waals surface area contributed by atoms with E-state index in [4.69, 9.17) is 8.83 Å². The summed E-state index contributed by atoms with van der Waals surface area (Å²) in [5.74, 6) is -0.00447. The molecule has 2 aromatic heterocycles. The monoisotopic (exact) mass is 408 g/mol. The third-order valence-corrected chi connectivity index (χ3v) is 4.73. The number of nitrogens with zero attached hydrogens (tertiary/aromatic N) is 2. The van der Waals surface area contributed by atoms with E-state index in [0.29, 0.717) is 43.3 Å². The van der Waals surface area contributed by atoms with Crippen LogP contribution in [0.15, 0.2) is 69.9 Å². The Hall–Kier alpha value is -4.01. The number of piperazine rings is 1. The number of carbonyl (C=O) groups excluding carboxylic acids is 3. The van der Waals surface area contributed by atoms with Gasteiger partial charge in [0.2, 0.25) is 0 Å². The Kier molecular flexibility index (Phi) is 5.51.